The molecule has 30 heavy (non-hydrogen) atoms. The van der Waals surface area contributed by atoms with Crippen LogP contribution in [0.25, 0.3) is 39.0 Å². The van der Waals surface area contributed by atoms with E-state index in [4.69, 9.17) is 19.4 Å². The first-order chi connectivity index (χ1) is 14.7. The SMILES string of the molecule is COc1ccc(-n2nnc3c4nc(-c5ccccc5OC)ccc4c(C)nc32)cc1. The molecule has 0 atom stereocenters. The van der Waals surface area contributed by atoms with Crippen LogP contribution in [0.15, 0.2) is 60.7 Å². The van der Waals surface area contributed by atoms with Crippen molar-refractivity contribution in [2.75, 3.05) is 14.2 Å². The molecule has 0 aliphatic heterocycles. The molecule has 7 heteroatoms. The molecule has 0 aliphatic carbocycles. The number of aromatic nitrogens is 5. The standard InChI is InChI=1S/C23H19N5O2/c1-14-17-12-13-19(18-6-4-5-7-20(18)30-3)25-21(17)22-23(24-14)28(27-26-22)15-8-10-16(29-2)11-9-15/h4-13H,1-3H3. The van der Waals surface area contributed by atoms with Gasteiger partial charge >= 0.3 is 0 Å². The van der Waals surface area contributed by atoms with Crippen LogP contribution in [0.1, 0.15) is 5.69 Å². The van der Waals surface area contributed by atoms with Crippen LogP contribution in [0.4, 0.5) is 0 Å². The van der Waals surface area contributed by atoms with Gasteiger partial charge in [-0.1, -0.05) is 17.3 Å². The third kappa shape index (κ3) is 2.83. The summed E-state index contributed by atoms with van der Waals surface area (Å²) in [7, 11) is 3.30. The van der Waals surface area contributed by atoms with Gasteiger partial charge in [0.15, 0.2) is 11.2 Å². The highest BCUT2D eigenvalue weighted by atomic mass is 16.5. The van der Waals surface area contributed by atoms with Crippen LogP contribution >= 0.6 is 0 Å². The molecule has 5 rings (SSSR count). The number of aryl methyl sites for hydroxylation is 1. The fourth-order valence-electron chi connectivity index (χ4n) is 3.58. The Bertz CT molecular complexity index is 1380. The maximum absolute atomic E-state index is 5.51. The van der Waals surface area contributed by atoms with Crippen LogP contribution in [0.2, 0.25) is 0 Å². The summed E-state index contributed by atoms with van der Waals surface area (Å²) in [6.45, 7) is 1.97. The molecule has 5 aromatic rings. The number of pyridine rings is 2. The number of fused-ring (bicyclic) bond motifs is 3. The minimum Gasteiger partial charge on any atom is -0.497 e. The van der Waals surface area contributed by atoms with Crippen molar-refractivity contribution in [3.8, 4) is 28.4 Å². The molecule has 0 amide bonds. The van der Waals surface area contributed by atoms with Crippen molar-refractivity contribution in [1.82, 2.24) is 25.0 Å². The predicted molar refractivity (Wildman–Crippen MR) is 115 cm³/mol. The summed E-state index contributed by atoms with van der Waals surface area (Å²) >= 11 is 0. The third-order valence-electron chi connectivity index (χ3n) is 5.13. The molecule has 7 nitrogen and oxygen atoms in total. The van der Waals surface area contributed by atoms with Gasteiger partial charge in [0.1, 0.15) is 17.0 Å². The minimum absolute atomic E-state index is 0.656. The number of hydrogen-bond acceptors (Lipinski definition) is 6. The molecule has 0 aliphatic rings. The summed E-state index contributed by atoms with van der Waals surface area (Å²) in [5, 5.41) is 9.70. The Labute approximate surface area is 172 Å². The lowest BCUT2D eigenvalue weighted by molar-refractivity contribution is 0.414. The molecule has 0 saturated heterocycles. The van der Waals surface area contributed by atoms with Crippen LogP contribution < -0.4 is 9.47 Å². The van der Waals surface area contributed by atoms with E-state index in [-0.39, 0.29) is 0 Å². The molecule has 0 radical (unpaired) electrons. The summed E-state index contributed by atoms with van der Waals surface area (Å²) in [5.74, 6) is 1.55. The van der Waals surface area contributed by atoms with Gasteiger partial charge < -0.3 is 9.47 Å². The molecule has 0 fully saturated rings. The highest BCUT2D eigenvalue weighted by Crippen LogP contribution is 2.32. The molecular weight excluding hydrogens is 378 g/mol. The van der Waals surface area contributed by atoms with Crippen molar-refractivity contribution in [2.24, 2.45) is 0 Å². The number of rotatable bonds is 4. The lowest BCUT2D eigenvalue weighted by Crippen LogP contribution is -1.99. The van der Waals surface area contributed by atoms with E-state index >= 15 is 0 Å². The maximum atomic E-state index is 5.51. The molecular formula is C23H19N5O2. The second kappa shape index (κ2) is 7.11. The molecule has 2 aromatic carbocycles. The number of methoxy groups -OCH3 is 2. The summed E-state index contributed by atoms with van der Waals surface area (Å²) < 4.78 is 12.5. The van der Waals surface area contributed by atoms with E-state index in [1.807, 2.05) is 67.6 Å². The fourth-order valence-corrected chi connectivity index (χ4v) is 3.58. The Morgan fingerprint density at radius 1 is 0.800 bits per heavy atom. The van der Waals surface area contributed by atoms with Crippen molar-refractivity contribution in [3.05, 3.63) is 66.4 Å². The Kier molecular flexibility index (Phi) is 4.28. The molecule has 0 bridgehead atoms. The van der Waals surface area contributed by atoms with Gasteiger partial charge in [0.2, 0.25) is 0 Å². The second-order valence-corrected chi connectivity index (χ2v) is 6.86. The van der Waals surface area contributed by atoms with Crippen molar-refractivity contribution in [2.45, 2.75) is 6.92 Å². The molecule has 3 heterocycles. The first-order valence-corrected chi connectivity index (χ1v) is 9.50. The largest absolute Gasteiger partial charge is 0.497 e. The monoisotopic (exact) mass is 397 g/mol. The van der Waals surface area contributed by atoms with Gasteiger partial charge in [0.05, 0.1) is 25.6 Å². The van der Waals surface area contributed by atoms with Crippen LogP contribution in [-0.4, -0.2) is 39.2 Å². The first kappa shape index (κ1) is 18.1. The topological polar surface area (TPSA) is 75.0 Å². The highest BCUT2D eigenvalue weighted by molar-refractivity contribution is 6.01. The zero-order valence-electron chi connectivity index (χ0n) is 16.8. The van der Waals surface area contributed by atoms with Crippen molar-refractivity contribution in [1.29, 1.82) is 0 Å². The third-order valence-corrected chi connectivity index (χ3v) is 5.13. The zero-order valence-corrected chi connectivity index (χ0v) is 16.8. The maximum Gasteiger partial charge on any atom is 0.186 e. The Hall–Kier alpha value is -4.00. The Balaban J connectivity index is 1.73. The molecule has 0 unspecified atom stereocenters. The minimum atomic E-state index is 0.656. The summed E-state index contributed by atoms with van der Waals surface area (Å²) in [6, 6.07) is 19.4. The van der Waals surface area contributed by atoms with E-state index in [9.17, 15) is 0 Å². The molecule has 3 aromatic heterocycles. The number of ether oxygens (including phenoxy) is 2. The molecule has 0 spiro atoms. The van der Waals surface area contributed by atoms with Gasteiger partial charge in [-0.2, -0.15) is 4.68 Å². The van der Waals surface area contributed by atoms with Gasteiger partial charge in [-0.3, -0.25) is 0 Å². The molecule has 148 valence electrons. The van der Waals surface area contributed by atoms with Crippen LogP contribution in [0.5, 0.6) is 11.5 Å². The Morgan fingerprint density at radius 2 is 1.60 bits per heavy atom. The van der Waals surface area contributed by atoms with Gasteiger partial charge in [-0.05, 0) is 55.5 Å². The Morgan fingerprint density at radius 3 is 2.37 bits per heavy atom. The van der Waals surface area contributed by atoms with E-state index in [1.54, 1.807) is 18.9 Å². The average Bonchev–Trinajstić information content (AvgIpc) is 3.22. The number of benzene rings is 2. The van der Waals surface area contributed by atoms with Crippen LogP contribution in [0, 0.1) is 6.92 Å². The number of hydrogen-bond donors (Lipinski definition) is 0. The normalized spacial score (nSPS) is 11.2. The van der Waals surface area contributed by atoms with E-state index in [0.717, 1.165) is 45.0 Å². The average molecular weight is 397 g/mol. The van der Waals surface area contributed by atoms with Gasteiger partial charge in [0, 0.05) is 16.6 Å². The quantitative estimate of drug-likeness (QED) is 0.449. The summed E-state index contributed by atoms with van der Waals surface area (Å²) in [5.41, 5.74) is 5.54. The second-order valence-electron chi connectivity index (χ2n) is 6.86. The van der Waals surface area contributed by atoms with Crippen molar-refractivity contribution in [3.63, 3.8) is 0 Å². The lowest BCUT2D eigenvalue weighted by atomic mass is 10.1. The zero-order chi connectivity index (χ0) is 20.7. The lowest BCUT2D eigenvalue weighted by Gasteiger charge is -2.10. The van der Waals surface area contributed by atoms with Crippen molar-refractivity contribution < 1.29 is 9.47 Å². The summed E-state index contributed by atoms with van der Waals surface area (Å²) in [6.07, 6.45) is 0. The van der Waals surface area contributed by atoms with E-state index in [0.29, 0.717) is 11.2 Å². The predicted octanol–water partition coefficient (Wildman–Crippen LogP) is 4.36. The van der Waals surface area contributed by atoms with E-state index in [1.165, 1.54) is 0 Å². The van der Waals surface area contributed by atoms with Gasteiger partial charge in [0.25, 0.3) is 0 Å². The van der Waals surface area contributed by atoms with Crippen molar-refractivity contribution >= 4 is 22.1 Å². The van der Waals surface area contributed by atoms with Gasteiger partial charge in [-0.15, -0.1) is 5.10 Å². The van der Waals surface area contributed by atoms with Crippen LogP contribution in [-0.2, 0) is 0 Å². The number of para-hydroxylation sites is 1. The van der Waals surface area contributed by atoms with E-state index in [2.05, 4.69) is 10.3 Å². The molecule has 0 N–H and O–H groups in total. The summed E-state index contributed by atoms with van der Waals surface area (Å²) in [4.78, 5) is 9.68. The van der Waals surface area contributed by atoms with Gasteiger partial charge in [-0.25, -0.2) is 9.97 Å². The fraction of sp³-hybridized carbons (Fsp3) is 0.130. The van der Waals surface area contributed by atoms with Crippen LogP contribution in [0.3, 0.4) is 0 Å². The van der Waals surface area contributed by atoms with E-state index < -0.39 is 0 Å². The highest BCUT2D eigenvalue weighted by Gasteiger charge is 2.16. The first-order valence-electron chi connectivity index (χ1n) is 9.50. The molecule has 0 saturated carbocycles. The number of nitrogens with zero attached hydrogens (tertiary/aromatic N) is 5. The smallest absolute Gasteiger partial charge is 0.186 e.